The van der Waals surface area contributed by atoms with Gasteiger partial charge < -0.3 is 10.2 Å². The average Bonchev–Trinajstić information content (AvgIpc) is 3.03. The van der Waals surface area contributed by atoms with Crippen molar-refractivity contribution in [2.75, 3.05) is 39.8 Å². The van der Waals surface area contributed by atoms with Gasteiger partial charge in [0.25, 0.3) is 0 Å². The van der Waals surface area contributed by atoms with Gasteiger partial charge in [-0.25, -0.2) is 8.42 Å². The lowest BCUT2D eigenvalue weighted by Gasteiger charge is -2.29. The molecule has 1 heterocycles. The van der Waals surface area contributed by atoms with Crippen LogP contribution in [0.1, 0.15) is 17.5 Å². The minimum Gasteiger partial charge on any atom is -0.339 e. The maximum absolute atomic E-state index is 12.7. The number of aryl methyl sites for hydroxylation is 2. The predicted molar refractivity (Wildman–Crippen MR) is 87.7 cm³/mol. The van der Waals surface area contributed by atoms with Crippen LogP contribution in [0.25, 0.3) is 0 Å². The zero-order chi connectivity index (χ0) is 16.4. The molecule has 0 atom stereocenters. The van der Waals surface area contributed by atoms with Crippen LogP contribution in [0, 0.1) is 0 Å². The van der Waals surface area contributed by atoms with E-state index in [1.54, 1.807) is 17.0 Å². The van der Waals surface area contributed by atoms with E-state index in [0.29, 0.717) is 13.1 Å². The first-order chi connectivity index (χ1) is 11.0. The Bertz CT molecular complexity index is 697. The van der Waals surface area contributed by atoms with Crippen LogP contribution in [0.4, 0.5) is 0 Å². The highest BCUT2D eigenvalue weighted by molar-refractivity contribution is 7.89. The third kappa shape index (κ3) is 3.41. The molecule has 6 nitrogen and oxygen atoms in total. The van der Waals surface area contributed by atoms with Gasteiger partial charge in [0.05, 0.1) is 11.4 Å². The molecule has 1 aliphatic carbocycles. The number of hydrogen-bond acceptors (Lipinski definition) is 4. The highest BCUT2D eigenvalue weighted by Gasteiger charge is 2.26. The van der Waals surface area contributed by atoms with Gasteiger partial charge in [-0.15, -0.1) is 0 Å². The quantitative estimate of drug-likeness (QED) is 0.854. The van der Waals surface area contributed by atoms with E-state index in [4.69, 9.17) is 0 Å². The lowest BCUT2D eigenvalue weighted by Crippen LogP contribution is -2.49. The van der Waals surface area contributed by atoms with E-state index in [1.807, 2.05) is 6.07 Å². The van der Waals surface area contributed by atoms with Crippen molar-refractivity contribution in [3.63, 3.8) is 0 Å². The fraction of sp³-hybridized carbons (Fsp3) is 0.562. The molecule has 0 unspecified atom stereocenters. The van der Waals surface area contributed by atoms with Crippen LogP contribution >= 0.6 is 0 Å². The Kier molecular flexibility index (Phi) is 4.70. The summed E-state index contributed by atoms with van der Waals surface area (Å²) in [6.45, 7) is 2.66. The monoisotopic (exact) mass is 337 g/mol. The highest BCUT2D eigenvalue weighted by atomic mass is 32.2. The number of rotatable bonds is 4. The molecule has 1 saturated heterocycles. The van der Waals surface area contributed by atoms with E-state index in [9.17, 15) is 13.2 Å². The second-order valence-corrected chi connectivity index (χ2v) is 8.22. The van der Waals surface area contributed by atoms with E-state index in [-0.39, 0.29) is 17.3 Å². The van der Waals surface area contributed by atoms with Crippen molar-refractivity contribution < 1.29 is 13.2 Å². The summed E-state index contributed by atoms with van der Waals surface area (Å²) in [6, 6.07) is 5.33. The van der Waals surface area contributed by atoms with E-state index >= 15 is 0 Å². The molecule has 1 aromatic carbocycles. The van der Waals surface area contributed by atoms with Crippen LogP contribution < -0.4 is 5.32 Å². The Morgan fingerprint density at radius 2 is 1.91 bits per heavy atom. The van der Waals surface area contributed by atoms with Crippen molar-refractivity contribution in [1.29, 1.82) is 0 Å². The molecule has 1 N–H and O–H groups in total. The van der Waals surface area contributed by atoms with Gasteiger partial charge in [-0.3, -0.25) is 4.79 Å². The Morgan fingerprint density at radius 3 is 2.65 bits per heavy atom. The van der Waals surface area contributed by atoms with Gasteiger partial charge in [0.1, 0.15) is 0 Å². The van der Waals surface area contributed by atoms with Crippen molar-refractivity contribution in [3.8, 4) is 0 Å². The van der Waals surface area contributed by atoms with Crippen LogP contribution in [-0.4, -0.2) is 63.3 Å². The summed E-state index contributed by atoms with van der Waals surface area (Å²) in [5.41, 5.74) is 2.36. The third-order valence-corrected chi connectivity index (χ3v) is 6.41. The average molecular weight is 337 g/mol. The smallest absolute Gasteiger partial charge is 0.243 e. The molecule has 23 heavy (non-hydrogen) atoms. The fourth-order valence-corrected chi connectivity index (χ4v) is 4.35. The molecule has 0 spiro atoms. The number of piperazine rings is 1. The minimum atomic E-state index is -3.62. The van der Waals surface area contributed by atoms with Crippen LogP contribution in [0.3, 0.4) is 0 Å². The zero-order valence-corrected chi connectivity index (χ0v) is 14.2. The van der Waals surface area contributed by atoms with Crippen molar-refractivity contribution in [1.82, 2.24) is 14.5 Å². The molecular formula is C16H23N3O3S. The van der Waals surface area contributed by atoms with E-state index < -0.39 is 10.0 Å². The summed E-state index contributed by atoms with van der Waals surface area (Å²) < 4.78 is 26.5. The summed E-state index contributed by atoms with van der Waals surface area (Å²) in [6.07, 6.45) is 3.03. The van der Waals surface area contributed by atoms with Gasteiger partial charge >= 0.3 is 0 Å². The number of hydrogen-bond donors (Lipinski definition) is 1. The van der Waals surface area contributed by atoms with Crippen molar-refractivity contribution in [3.05, 3.63) is 29.3 Å². The SMILES string of the molecule is CN(CC(=O)N1CCNCC1)S(=O)(=O)c1ccc2c(c1)CCC2. The number of nitrogens with one attached hydrogen (secondary N) is 1. The minimum absolute atomic E-state index is 0.112. The maximum Gasteiger partial charge on any atom is 0.243 e. The van der Waals surface area contributed by atoms with E-state index in [2.05, 4.69) is 5.32 Å². The summed E-state index contributed by atoms with van der Waals surface area (Å²) in [4.78, 5) is 14.3. The number of nitrogens with zero attached hydrogens (tertiary/aromatic N) is 2. The van der Waals surface area contributed by atoms with E-state index in [1.165, 1.54) is 12.6 Å². The number of amides is 1. The Balaban J connectivity index is 1.72. The molecule has 1 aliphatic heterocycles. The summed E-state index contributed by atoms with van der Waals surface area (Å²) in [5, 5.41) is 3.18. The van der Waals surface area contributed by atoms with Gasteiger partial charge in [-0.2, -0.15) is 4.31 Å². The Hall–Kier alpha value is -1.44. The molecule has 3 rings (SSSR count). The van der Waals surface area contributed by atoms with Crippen molar-refractivity contribution >= 4 is 15.9 Å². The number of fused-ring (bicyclic) bond motifs is 1. The van der Waals surface area contributed by atoms with Crippen molar-refractivity contribution in [2.24, 2.45) is 0 Å². The number of likely N-dealkylation sites (N-methyl/N-ethyl adjacent to an activating group) is 1. The number of carbonyl (C=O) groups is 1. The molecule has 2 aliphatic rings. The lowest BCUT2D eigenvalue weighted by atomic mass is 10.1. The Labute approximate surface area is 137 Å². The van der Waals surface area contributed by atoms with Crippen LogP contribution in [0.5, 0.6) is 0 Å². The van der Waals surface area contributed by atoms with Gasteiger partial charge in [0.2, 0.25) is 15.9 Å². The lowest BCUT2D eigenvalue weighted by molar-refractivity contribution is -0.131. The highest BCUT2D eigenvalue weighted by Crippen LogP contribution is 2.25. The summed E-state index contributed by atoms with van der Waals surface area (Å²) in [7, 11) is -2.15. The van der Waals surface area contributed by atoms with Gasteiger partial charge in [0, 0.05) is 33.2 Å². The van der Waals surface area contributed by atoms with Crippen LogP contribution in [0.2, 0.25) is 0 Å². The van der Waals surface area contributed by atoms with Crippen LogP contribution in [0.15, 0.2) is 23.1 Å². The second kappa shape index (κ2) is 6.59. The molecule has 1 fully saturated rings. The zero-order valence-electron chi connectivity index (χ0n) is 13.4. The molecule has 0 saturated carbocycles. The van der Waals surface area contributed by atoms with Crippen molar-refractivity contribution in [2.45, 2.75) is 24.2 Å². The van der Waals surface area contributed by atoms with Gasteiger partial charge in [-0.05, 0) is 42.5 Å². The normalized spacial score (nSPS) is 18.3. The summed E-state index contributed by atoms with van der Waals surface area (Å²) >= 11 is 0. The first-order valence-electron chi connectivity index (χ1n) is 8.05. The van der Waals surface area contributed by atoms with Gasteiger partial charge in [-0.1, -0.05) is 6.07 Å². The van der Waals surface area contributed by atoms with Gasteiger partial charge in [0.15, 0.2) is 0 Å². The molecule has 0 radical (unpaired) electrons. The Morgan fingerprint density at radius 1 is 1.22 bits per heavy atom. The number of carbonyl (C=O) groups excluding carboxylic acids is 1. The third-order valence-electron chi connectivity index (χ3n) is 4.61. The molecule has 1 aromatic rings. The van der Waals surface area contributed by atoms with Crippen LogP contribution in [-0.2, 0) is 27.7 Å². The molecule has 0 aromatic heterocycles. The predicted octanol–water partition coefficient (Wildman–Crippen LogP) is 0.228. The topological polar surface area (TPSA) is 69.7 Å². The molecule has 1 amide bonds. The second-order valence-electron chi connectivity index (χ2n) is 6.18. The molecule has 0 bridgehead atoms. The number of sulfonamides is 1. The summed E-state index contributed by atoms with van der Waals surface area (Å²) in [5.74, 6) is -0.140. The number of benzene rings is 1. The first kappa shape index (κ1) is 16.4. The molecular weight excluding hydrogens is 314 g/mol. The largest absolute Gasteiger partial charge is 0.339 e. The molecule has 7 heteroatoms. The standard InChI is InChI=1S/C16H23N3O3S/c1-18(12-16(20)19-9-7-17-8-10-19)23(21,22)15-6-5-13-3-2-4-14(13)11-15/h5-6,11,17H,2-4,7-10,12H2,1H3. The maximum atomic E-state index is 12.7. The van der Waals surface area contributed by atoms with E-state index in [0.717, 1.165) is 42.2 Å². The first-order valence-corrected chi connectivity index (χ1v) is 9.49. The fourth-order valence-electron chi connectivity index (χ4n) is 3.18. The molecule has 126 valence electrons.